The SMILES string of the molecule is O=C(NCC1CNC1)C(Oc1ccc(F)cc1Cl)c1ccccc1. The molecule has 0 radical (unpaired) electrons. The minimum atomic E-state index is -0.845. The standard InChI is InChI=1S/C18H18ClFN2O2/c19-15-8-14(20)6-7-16(15)24-17(13-4-2-1-3-5-13)18(23)22-11-12-9-21-10-12/h1-8,12,17,21H,9-11H2,(H,22,23). The van der Waals surface area contributed by atoms with Crippen LogP contribution in [-0.4, -0.2) is 25.5 Å². The minimum absolute atomic E-state index is 0.131. The van der Waals surface area contributed by atoms with Gasteiger partial charge in [-0.25, -0.2) is 4.39 Å². The van der Waals surface area contributed by atoms with Crippen molar-refractivity contribution in [3.63, 3.8) is 0 Å². The average molecular weight is 349 g/mol. The van der Waals surface area contributed by atoms with E-state index in [0.717, 1.165) is 19.2 Å². The van der Waals surface area contributed by atoms with E-state index in [-0.39, 0.29) is 16.7 Å². The number of hydrogen-bond donors (Lipinski definition) is 2. The second-order valence-electron chi connectivity index (χ2n) is 5.75. The number of amides is 1. The van der Waals surface area contributed by atoms with E-state index < -0.39 is 11.9 Å². The van der Waals surface area contributed by atoms with Crippen LogP contribution in [0.15, 0.2) is 48.5 Å². The van der Waals surface area contributed by atoms with Crippen molar-refractivity contribution in [1.29, 1.82) is 0 Å². The zero-order valence-electron chi connectivity index (χ0n) is 13.0. The monoisotopic (exact) mass is 348 g/mol. The van der Waals surface area contributed by atoms with Gasteiger partial charge >= 0.3 is 0 Å². The summed E-state index contributed by atoms with van der Waals surface area (Å²) in [7, 11) is 0. The van der Waals surface area contributed by atoms with Crippen LogP contribution in [-0.2, 0) is 4.79 Å². The number of halogens is 2. The van der Waals surface area contributed by atoms with Gasteiger partial charge in [0, 0.05) is 31.1 Å². The molecular weight excluding hydrogens is 331 g/mol. The molecule has 1 unspecified atom stereocenters. The van der Waals surface area contributed by atoms with E-state index in [1.165, 1.54) is 12.1 Å². The van der Waals surface area contributed by atoms with Crippen LogP contribution in [0.1, 0.15) is 11.7 Å². The fourth-order valence-corrected chi connectivity index (χ4v) is 2.64. The molecule has 2 aromatic rings. The normalized spacial score (nSPS) is 15.4. The highest BCUT2D eigenvalue weighted by Crippen LogP contribution is 2.30. The minimum Gasteiger partial charge on any atom is -0.474 e. The van der Waals surface area contributed by atoms with Gasteiger partial charge in [0.05, 0.1) is 5.02 Å². The third-order valence-electron chi connectivity index (χ3n) is 3.91. The van der Waals surface area contributed by atoms with Crippen LogP contribution in [0.4, 0.5) is 4.39 Å². The first-order valence-electron chi connectivity index (χ1n) is 7.78. The highest BCUT2D eigenvalue weighted by molar-refractivity contribution is 6.32. The summed E-state index contributed by atoms with van der Waals surface area (Å²) in [5.41, 5.74) is 0.710. The molecular formula is C18H18ClFN2O2. The van der Waals surface area contributed by atoms with Gasteiger partial charge in [-0.15, -0.1) is 0 Å². The molecule has 0 bridgehead atoms. The lowest BCUT2D eigenvalue weighted by molar-refractivity contribution is -0.128. The van der Waals surface area contributed by atoms with E-state index in [2.05, 4.69) is 10.6 Å². The van der Waals surface area contributed by atoms with E-state index >= 15 is 0 Å². The van der Waals surface area contributed by atoms with Crippen LogP contribution < -0.4 is 15.4 Å². The number of benzene rings is 2. The molecule has 0 spiro atoms. The molecule has 1 aliphatic heterocycles. The van der Waals surface area contributed by atoms with Crippen LogP contribution in [0.5, 0.6) is 5.75 Å². The van der Waals surface area contributed by atoms with Crippen molar-refractivity contribution in [2.75, 3.05) is 19.6 Å². The summed E-state index contributed by atoms with van der Waals surface area (Å²) in [5, 5.41) is 6.21. The van der Waals surface area contributed by atoms with Crippen molar-refractivity contribution in [2.45, 2.75) is 6.10 Å². The number of hydrogen-bond acceptors (Lipinski definition) is 3. The smallest absolute Gasteiger partial charge is 0.265 e. The van der Waals surface area contributed by atoms with Gasteiger partial charge in [0.25, 0.3) is 5.91 Å². The Morgan fingerprint density at radius 3 is 2.67 bits per heavy atom. The Morgan fingerprint density at radius 2 is 2.04 bits per heavy atom. The molecule has 1 saturated heterocycles. The quantitative estimate of drug-likeness (QED) is 0.844. The summed E-state index contributed by atoms with van der Waals surface area (Å²) in [4.78, 5) is 12.6. The molecule has 4 nitrogen and oxygen atoms in total. The lowest BCUT2D eigenvalue weighted by atomic mass is 10.0. The summed E-state index contributed by atoms with van der Waals surface area (Å²) >= 11 is 6.02. The topological polar surface area (TPSA) is 50.4 Å². The first kappa shape index (κ1) is 16.7. The van der Waals surface area contributed by atoms with Gasteiger partial charge in [0.15, 0.2) is 0 Å². The van der Waals surface area contributed by atoms with Gasteiger partial charge in [-0.3, -0.25) is 4.79 Å². The maximum absolute atomic E-state index is 13.2. The first-order valence-corrected chi connectivity index (χ1v) is 8.16. The van der Waals surface area contributed by atoms with Crippen molar-refractivity contribution >= 4 is 17.5 Å². The number of carbonyl (C=O) groups is 1. The van der Waals surface area contributed by atoms with Gasteiger partial charge in [-0.05, 0) is 18.2 Å². The molecule has 1 fully saturated rings. The predicted octanol–water partition coefficient (Wildman–Crippen LogP) is 2.93. The molecule has 0 saturated carbocycles. The van der Waals surface area contributed by atoms with Crippen LogP contribution in [0.2, 0.25) is 5.02 Å². The Kier molecular flexibility index (Phi) is 5.33. The summed E-state index contributed by atoms with van der Waals surface area (Å²) in [6.07, 6.45) is -0.845. The Balaban J connectivity index is 1.77. The van der Waals surface area contributed by atoms with Crippen LogP contribution in [0.3, 0.4) is 0 Å². The molecule has 1 amide bonds. The van der Waals surface area contributed by atoms with Crippen LogP contribution in [0.25, 0.3) is 0 Å². The van der Waals surface area contributed by atoms with Crippen molar-refractivity contribution in [3.05, 3.63) is 64.9 Å². The fourth-order valence-electron chi connectivity index (χ4n) is 2.43. The van der Waals surface area contributed by atoms with Crippen molar-refractivity contribution in [1.82, 2.24) is 10.6 Å². The second-order valence-corrected chi connectivity index (χ2v) is 6.16. The number of rotatable bonds is 6. The lowest BCUT2D eigenvalue weighted by Crippen LogP contribution is -2.49. The predicted molar refractivity (Wildman–Crippen MR) is 90.6 cm³/mol. The van der Waals surface area contributed by atoms with E-state index in [4.69, 9.17) is 16.3 Å². The molecule has 1 aliphatic rings. The van der Waals surface area contributed by atoms with E-state index in [1.54, 1.807) is 0 Å². The number of carbonyl (C=O) groups excluding carboxylic acids is 1. The molecule has 126 valence electrons. The molecule has 2 aromatic carbocycles. The fraction of sp³-hybridized carbons (Fsp3) is 0.278. The lowest BCUT2D eigenvalue weighted by Gasteiger charge is -2.28. The number of ether oxygens (including phenoxy) is 1. The molecule has 24 heavy (non-hydrogen) atoms. The van der Waals surface area contributed by atoms with Gasteiger partial charge in [-0.2, -0.15) is 0 Å². The zero-order valence-corrected chi connectivity index (χ0v) is 13.7. The Morgan fingerprint density at radius 1 is 1.29 bits per heavy atom. The van der Waals surface area contributed by atoms with Crippen molar-refractivity contribution in [3.8, 4) is 5.75 Å². The largest absolute Gasteiger partial charge is 0.474 e. The molecule has 1 atom stereocenters. The Labute approximate surface area is 145 Å². The molecule has 0 aliphatic carbocycles. The highest BCUT2D eigenvalue weighted by Gasteiger charge is 2.25. The van der Waals surface area contributed by atoms with Crippen LogP contribution >= 0.6 is 11.6 Å². The van der Waals surface area contributed by atoms with Crippen LogP contribution in [0, 0.1) is 11.7 Å². The van der Waals surface area contributed by atoms with Gasteiger partial charge in [0.1, 0.15) is 11.6 Å². The number of nitrogens with one attached hydrogen (secondary N) is 2. The maximum Gasteiger partial charge on any atom is 0.265 e. The summed E-state index contributed by atoms with van der Waals surface area (Å²) in [6.45, 7) is 2.40. The van der Waals surface area contributed by atoms with Crippen molar-refractivity contribution < 1.29 is 13.9 Å². The third-order valence-corrected chi connectivity index (χ3v) is 4.21. The first-order chi connectivity index (χ1) is 11.6. The van der Waals surface area contributed by atoms with Gasteiger partial charge in [-0.1, -0.05) is 41.9 Å². The van der Waals surface area contributed by atoms with E-state index in [1.807, 2.05) is 30.3 Å². The second kappa shape index (κ2) is 7.64. The molecule has 0 aromatic heterocycles. The Hall–Kier alpha value is -2.11. The van der Waals surface area contributed by atoms with Gasteiger partial charge < -0.3 is 15.4 Å². The molecule has 1 heterocycles. The van der Waals surface area contributed by atoms with Gasteiger partial charge in [0.2, 0.25) is 6.10 Å². The molecule has 6 heteroatoms. The zero-order chi connectivity index (χ0) is 16.9. The summed E-state index contributed by atoms with van der Waals surface area (Å²) < 4.78 is 19.0. The van der Waals surface area contributed by atoms with E-state index in [0.29, 0.717) is 18.0 Å². The Bertz CT molecular complexity index is 707. The summed E-state index contributed by atoms with van der Waals surface area (Å²) in [6, 6.07) is 13.0. The maximum atomic E-state index is 13.2. The highest BCUT2D eigenvalue weighted by atomic mass is 35.5. The summed E-state index contributed by atoms with van der Waals surface area (Å²) in [5.74, 6) is 0.0196. The molecule has 3 rings (SSSR count). The average Bonchev–Trinajstić information content (AvgIpc) is 2.53. The molecule has 2 N–H and O–H groups in total. The third kappa shape index (κ3) is 4.04. The van der Waals surface area contributed by atoms with Crippen molar-refractivity contribution in [2.24, 2.45) is 5.92 Å². The van der Waals surface area contributed by atoms with E-state index in [9.17, 15) is 9.18 Å².